The number of esters is 1. The molecule has 0 aliphatic carbocycles. The molecular weight excluding hydrogens is 238 g/mol. The van der Waals surface area contributed by atoms with Crippen molar-refractivity contribution in [2.24, 2.45) is 11.3 Å². The summed E-state index contributed by atoms with van der Waals surface area (Å²) >= 11 is 0. The highest BCUT2D eigenvalue weighted by Crippen LogP contribution is 2.32. The van der Waals surface area contributed by atoms with Crippen LogP contribution in [0.25, 0.3) is 0 Å². The molecule has 3 heteroatoms. The quantitative estimate of drug-likeness (QED) is 0.567. The molecule has 0 N–H and O–H groups in total. The lowest BCUT2D eigenvalue weighted by atomic mass is 9.77. The zero-order chi connectivity index (χ0) is 14.9. The maximum absolute atomic E-state index is 12.2. The van der Waals surface area contributed by atoms with Crippen molar-refractivity contribution >= 4 is 5.97 Å². The lowest BCUT2D eigenvalue weighted by Crippen LogP contribution is -2.36. The molecule has 0 saturated heterocycles. The molecule has 0 aromatic heterocycles. The number of rotatable bonds is 10. The summed E-state index contributed by atoms with van der Waals surface area (Å²) in [5.74, 6) is 0.269. The van der Waals surface area contributed by atoms with Crippen molar-refractivity contribution in [1.82, 2.24) is 4.90 Å². The minimum Gasteiger partial charge on any atom is -0.464 e. The van der Waals surface area contributed by atoms with E-state index in [-0.39, 0.29) is 11.4 Å². The van der Waals surface area contributed by atoms with Crippen LogP contribution in [0.15, 0.2) is 0 Å². The van der Waals surface area contributed by atoms with Crippen molar-refractivity contribution in [3.05, 3.63) is 0 Å². The Morgan fingerprint density at radius 1 is 1.11 bits per heavy atom. The smallest absolute Gasteiger partial charge is 0.312 e. The van der Waals surface area contributed by atoms with Crippen molar-refractivity contribution in [3.8, 4) is 0 Å². The number of nitrogens with zero attached hydrogens (tertiary/aromatic N) is 1. The Balaban J connectivity index is 4.21. The predicted octanol–water partition coefficient (Wildman–Crippen LogP) is 3.72. The van der Waals surface area contributed by atoms with Gasteiger partial charge in [-0.15, -0.1) is 0 Å². The molecule has 0 aliphatic rings. The molecule has 0 spiro atoms. The van der Waals surface area contributed by atoms with Gasteiger partial charge in [-0.2, -0.15) is 0 Å². The van der Waals surface area contributed by atoms with Gasteiger partial charge in [-0.1, -0.05) is 34.6 Å². The molecule has 0 saturated carbocycles. The summed E-state index contributed by atoms with van der Waals surface area (Å²) in [4.78, 5) is 14.6. The molecule has 0 aromatic carbocycles. The maximum atomic E-state index is 12.2. The van der Waals surface area contributed by atoms with Crippen LogP contribution in [0.5, 0.6) is 0 Å². The van der Waals surface area contributed by atoms with Gasteiger partial charge in [0.2, 0.25) is 0 Å². The Labute approximate surface area is 119 Å². The first-order valence-electron chi connectivity index (χ1n) is 7.81. The summed E-state index contributed by atoms with van der Waals surface area (Å²) < 4.78 is 5.50. The first kappa shape index (κ1) is 18.4. The Hall–Kier alpha value is -0.570. The minimum absolute atomic E-state index is 0.0436. The minimum atomic E-state index is -0.347. The zero-order valence-electron chi connectivity index (χ0n) is 13.8. The third kappa shape index (κ3) is 5.94. The second kappa shape index (κ2) is 9.35. The van der Waals surface area contributed by atoms with Gasteiger partial charge in [-0.05, 0) is 45.2 Å². The molecule has 0 bridgehead atoms. The third-order valence-electron chi connectivity index (χ3n) is 4.20. The number of hydrogen-bond acceptors (Lipinski definition) is 3. The molecule has 0 rings (SSSR count). The fourth-order valence-electron chi connectivity index (χ4n) is 2.19. The van der Waals surface area contributed by atoms with Gasteiger partial charge in [0, 0.05) is 6.54 Å². The molecule has 114 valence electrons. The highest BCUT2D eigenvalue weighted by atomic mass is 16.5. The van der Waals surface area contributed by atoms with Crippen LogP contribution in [-0.4, -0.2) is 37.1 Å². The summed E-state index contributed by atoms with van der Waals surface area (Å²) in [6.07, 6.45) is 3.12. The SMILES string of the molecule is CCCN(CCC)CCOC(=O)C(C)(CC)C(C)C. The molecule has 0 amide bonds. The summed E-state index contributed by atoms with van der Waals surface area (Å²) in [6.45, 7) is 16.1. The van der Waals surface area contributed by atoms with Gasteiger partial charge in [0.1, 0.15) is 6.61 Å². The van der Waals surface area contributed by atoms with Crippen LogP contribution in [-0.2, 0) is 9.53 Å². The van der Waals surface area contributed by atoms with Crippen LogP contribution >= 0.6 is 0 Å². The highest BCUT2D eigenvalue weighted by molar-refractivity contribution is 5.76. The van der Waals surface area contributed by atoms with Crippen molar-refractivity contribution in [2.45, 2.75) is 60.8 Å². The van der Waals surface area contributed by atoms with E-state index in [4.69, 9.17) is 4.74 Å². The van der Waals surface area contributed by atoms with E-state index in [9.17, 15) is 4.79 Å². The summed E-state index contributed by atoms with van der Waals surface area (Å²) in [5, 5.41) is 0. The summed E-state index contributed by atoms with van der Waals surface area (Å²) in [7, 11) is 0. The van der Waals surface area contributed by atoms with Crippen LogP contribution in [0.4, 0.5) is 0 Å². The molecule has 19 heavy (non-hydrogen) atoms. The van der Waals surface area contributed by atoms with Gasteiger partial charge >= 0.3 is 5.97 Å². The van der Waals surface area contributed by atoms with E-state index in [1.807, 2.05) is 6.92 Å². The van der Waals surface area contributed by atoms with Crippen LogP contribution in [0.2, 0.25) is 0 Å². The van der Waals surface area contributed by atoms with Gasteiger partial charge in [0.15, 0.2) is 0 Å². The van der Waals surface area contributed by atoms with E-state index in [1.54, 1.807) is 0 Å². The second-order valence-corrected chi connectivity index (χ2v) is 5.90. The van der Waals surface area contributed by atoms with E-state index in [2.05, 4.69) is 39.5 Å². The van der Waals surface area contributed by atoms with Gasteiger partial charge in [-0.3, -0.25) is 9.69 Å². The Morgan fingerprint density at radius 2 is 1.63 bits per heavy atom. The molecule has 3 nitrogen and oxygen atoms in total. The first-order chi connectivity index (χ1) is 8.92. The van der Waals surface area contributed by atoms with Crippen molar-refractivity contribution in [1.29, 1.82) is 0 Å². The molecule has 0 fully saturated rings. The predicted molar refractivity (Wildman–Crippen MR) is 81.2 cm³/mol. The standard InChI is InChI=1S/C16H33NO2/c1-7-10-17(11-8-2)12-13-19-15(18)16(6,9-3)14(4)5/h14H,7-13H2,1-6H3. The topological polar surface area (TPSA) is 29.5 Å². The lowest BCUT2D eigenvalue weighted by molar-refractivity contribution is -0.158. The highest BCUT2D eigenvalue weighted by Gasteiger charge is 2.36. The monoisotopic (exact) mass is 271 g/mol. The molecule has 0 heterocycles. The van der Waals surface area contributed by atoms with E-state index >= 15 is 0 Å². The average Bonchev–Trinajstić information content (AvgIpc) is 2.37. The van der Waals surface area contributed by atoms with E-state index in [1.165, 1.54) is 0 Å². The van der Waals surface area contributed by atoms with Gasteiger partial charge < -0.3 is 4.74 Å². The average molecular weight is 271 g/mol. The van der Waals surface area contributed by atoms with E-state index in [0.717, 1.165) is 38.9 Å². The fraction of sp³-hybridized carbons (Fsp3) is 0.938. The lowest BCUT2D eigenvalue weighted by Gasteiger charge is -2.30. The molecular formula is C16H33NO2. The molecule has 0 aromatic rings. The number of ether oxygens (including phenoxy) is 1. The van der Waals surface area contributed by atoms with Crippen LogP contribution in [0.1, 0.15) is 60.8 Å². The summed E-state index contributed by atoms with van der Waals surface area (Å²) in [5.41, 5.74) is -0.347. The maximum Gasteiger partial charge on any atom is 0.312 e. The van der Waals surface area contributed by atoms with Crippen LogP contribution < -0.4 is 0 Å². The third-order valence-corrected chi connectivity index (χ3v) is 4.20. The number of hydrogen-bond donors (Lipinski definition) is 0. The normalized spacial score (nSPS) is 14.7. The Morgan fingerprint density at radius 3 is 2.00 bits per heavy atom. The van der Waals surface area contributed by atoms with Crippen LogP contribution in [0.3, 0.4) is 0 Å². The van der Waals surface area contributed by atoms with Crippen molar-refractivity contribution in [2.75, 3.05) is 26.2 Å². The van der Waals surface area contributed by atoms with Gasteiger partial charge in [0.05, 0.1) is 5.41 Å². The van der Waals surface area contributed by atoms with E-state index < -0.39 is 0 Å². The van der Waals surface area contributed by atoms with Gasteiger partial charge in [0.25, 0.3) is 0 Å². The van der Waals surface area contributed by atoms with E-state index in [0.29, 0.717) is 12.5 Å². The van der Waals surface area contributed by atoms with Gasteiger partial charge in [-0.25, -0.2) is 0 Å². The van der Waals surface area contributed by atoms with Crippen molar-refractivity contribution in [3.63, 3.8) is 0 Å². The van der Waals surface area contributed by atoms with Crippen molar-refractivity contribution < 1.29 is 9.53 Å². The number of carbonyl (C=O) groups excluding carboxylic acids is 1. The molecule has 0 aliphatic heterocycles. The number of carbonyl (C=O) groups is 1. The molecule has 1 unspecified atom stereocenters. The zero-order valence-corrected chi connectivity index (χ0v) is 13.8. The molecule has 1 atom stereocenters. The summed E-state index contributed by atoms with van der Waals surface area (Å²) in [6, 6.07) is 0. The van der Waals surface area contributed by atoms with Crippen LogP contribution in [0, 0.1) is 11.3 Å². The molecule has 0 radical (unpaired) electrons. The fourth-order valence-corrected chi connectivity index (χ4v) is 2.19. The Kier molecular flexibility index (Phi) is 9.07. The first-order valence-corrected chi connectivity index (χ1v) is 7.81. The Bertz CT molecular complexity index is 247. The second-order valence-electron chi connectivity index (χ2n) is 5.90. The largest absolute Gasteiger partial charge is 0.464 e.